The molecule has 0 bridgehead atoms. The van der Waals surface area contributed by atoms with Crippen LogP contribution in [0.4, 0.5) is 5.69 Å². The Kier molecular flexibility index (Phi) is 7.45. The minimum atomic E-state index is -0.464. The largest absolute Gasteiger partial charge is 0.484 e. The lowest BCUT2D eigenvalue weighted by atomic mass is 10.1. The van der Waals surface area contributed by atoms with Gasteiger partial charge in [-0.25, -0.2) is 4.79 Å². The van der Waals surface area contributed by atoms with Crippen molar-refractivity contribution < 1.29 is 23.1 Å². The second-order valence-electron chi connectivity index (χ2n) is 9.23. The predicted molar refractivity (Wildman–Crippen MR) is 149 cm³/mol. The summed E-state index contributed by atoms with van der Waals surface area (Å²) < 4.78 is 22.2. The fraction of sp³-hybridized carbons (Fsp3) is 0.194. The molecule has 0 saturated carbocycles. The van der Waals surface area contributed by atoms with Gasteiger partial charge in [-0.3, -0.25) is 9.59 Å². The maximum atomic E-state index is 13.0. The van der Waals surface area contributed by atoms with Gasteiger partial charge in [0.25, 0.3) is 5.91 Å². The lowest BCUT2D eigenvalue weighted by Crippen LogP contribution is -2.20. The Labute approximate surface area is 223 Å². The van der Waals surface area contributed by atoms with Crippen LogP contribution >= 0.6 is 0 Å². The van der Waals surface area contributed by atoms with Gasteiger partial charge in [0.15, 0.2) is 6.61 Å². The highest BCUT2D eigenvalue weighted by atomic mass is 16.5. The van der Waals surface area contributed by atoms with Crippen LogP contribution in [0.2, 0.25) is 0 Å². The maximum absolute atomic E-state index is 13.0. The van der Waals surface area contributed by atoms with Crippen molar-refractivity contribution in [2.24, 2.45) is 0 Å². The molecule has 39 heavy (non-hydrogen) atoms. The molecule has 8 nitrogen and oxygen atoms in total. The van der Waals surface area contributed by atoms with Gasteiger partial charge >= 0.3 is 5.63 Å². The number of fused-ring (bicyclic) bond motifs is 2. The van der Waals surface area contributed by atoms with Crippen molar-refractivity contribution >= 4 is 33.5 Å². The highest BCUT2D eigenvalue weighted by molar-refractivity contribution is 5.92. The smallest absolute Gasteiger partial charge is 0.336 e. The predicted octanol–water partition coefficient (Wildman–Crippen LogP) is 6.36. The first-order valence-electron chi connectivity index (χ1n) is 12.7. The van der Waals surface area contributed by atoms with E-state index in [0.29, 0.717) is 22.8 Å². The first-order chi connectivity index (χ1) is 18.9. The zero-order valence-corrected chi connectivity index (χ0v) is 21.6. The van der Waals surface area contributed by atoms with E-state index < -0.39 is 5.63 Å². The van der Waals surface area contributed by atoms with E-state index in [4.69, 9.17) is 18.3 Å². The first-order valence-corrected chi connectivity index (χ1v) is 12.7. The molecular weight excluding hydrogens is 498 g/mol. The average Bonchev–Trinajstić information content (AvgIpc) is 2.93. The number of carbonyl (C=O) groups excluding carboxylic acids is 1. The minimum absolute atomic E-state index is 0.0226. The second kappa shape index (κ2) is 11.3. The first kappa shape index (κ1) is 25.8. The molecule has 0 unspecified atom stereocenters. The molecule has 198 valence electrons. The van der Waals surface area contributed by atoms with E-state index in [1.165, 1.54) is 17.9 Å². The summed E-state index contributed by atoms with van der Waals surface area (Å²) in [5.41, 5.74) is 2.51. The number of amides is 1. The quantitative estimate of drug-likeness (QED) is 0.223. The normalized spacial score (nSPS) is 11.0. The highest BCUT2D eigenvalue weighted by Gasteiger charge is 2.12. The number of carbonyl (C=O) groups is 1. The van der Waals surface area contributed by atoms with E-state index in [-0.39, 0.29) is 34.7 Å². The summed E-state index contributed by atoms with van der Waals surface area (Å²) in [6, 6.07) is 18.9. The van der Waals surface area contributed by atoms with Crippen molar-refractivity contribution in [3.05, 3.63) is 105 Å². The Morgan fingerprint density at radius 1 is 0.897 bits per heavy atom. The maximum Gasteiger partial charge on any atom is 0.336 e. The number of ether oxygens (including phenoxy) is 2. The Morgan fingerprint density at radius 2 is 1.64 bits per heavy atom. The number of anilines is 1. The Hall–Kier alpha value is -4.85. The highest BCUT2D eigenvalue weighted by Crippen LogP contribution is 2.27. The molecule has 5 rings (SSSR count). The van der Waals surface area contributed by atoms with Gasteiger partial charge in [0, 0.05) is 29.3 Å². The second-order valence-corrected chi connectivity index (χ2v) is 9.23. The van der Waals surface area contributed by atoms with Crippen LogP contribution < -0.4 is 25.8 Å². The Morgan fingerprint density at radius 3 is 2.44 bits per heavy atom. The van der Waals surface area contributed by atoms with Crippen LogP contribution in [0, 0.1) is 6.92 Å². The van der Waals surface area contributed by atoms with Gasteiger partial charge in [0.2, 0.25) is 11.2 Å². The number of aryl methyl sites for hydroxylation is 2. The number of rotatable bonds is 9. The summed E-state index contributed by atoms with van der Waals surface area (Å²) in [7, 11) is 0. The van der Waals surface area contributed by atoms with Gasteiger partial charge in [-0.1, -0.05) is 25.5 Å². The van der Waals surface area contributed by atoms with Crippen LogP contribution in [0.1, 0.15) is 30.9 Å². The van der Waals surface area contributed by atoms with Crippen LogP contribution in [0.15, 0.2) is 91.4 Å². The minimum Gasteiger partial charge on any atom is -0.484 e. The number of hydrogen-bond acceptors (Lipinski definition) is 7. The molecule has 0 radical (unpaired) electrons. The molecule has 2 heterocycles. The molecule has 3 aromatic carbocycles. The van der Waals surface area contributed by atoms with E-state index >= 15 is 0 Å². The topological polar surface area (TPSA) is 108 Å². The third-order valence-corrected chi connectivity index (χ3v) is 6.29. The third kappa shape index (κ3) is 6.01. The molecule has 1 amide bonds. The SMILES string of the molecule is CCCCc1ccc(NC(=O)COc2ccc3c(=O)c(Oc4ccc5c(C)cc(=O)oc5c4)coc3c2)cc1. The lowest BCUT2D eigenvalue weighted by Gasteiger charge is -2.10. The molecular formula is C31H27NO7. The Bertz CT molecular complexity index is 1770. The molecule has 0 saturated heterocycles. The molecule has 0 atom stereocenters. The third-order valence-electron chi connectivity index (χ3n) is 6.29. The molecule has 5 aromatic rings. The van der Waals surface area contributed by atoms with Gasteiger partial charge in [0.1, 0.15) is 28.9 Å². The fourth-order valence-electron chi connectivity index (χ4n) is 4.23. The number of unbranched alkanes of at least 4 members (excludes halogenated alkanes) is 1. The summed E-state index contributed by atoms with van der Waals surface area (Å²) >= 11 is 0. The lowest BCUT2D eigenvalue weighted by molar-refractivity contribution is -0.118. The molecule has 0 fully saturated rings. The van der Waals surface area contributed by atoms with Crippen molar-refractivity contribution in [1.29, 1.82) is 0 Å². The van der Waals surface area contributed by atoms with Crippen LogP contribution in [0.3, 0.4) is 0 Å². The number of hydrogen-bond donors (Lipinski definition) is 1. The van der Waals surface area contributed by atoms with Gasteiger partial charge in [-0.15, -0.1) is 0 Å². The monoisotopic (exact) mass is 525 g/mol. The van der Waals surface area contributed by atoms with E-state index in [2.05, 4.69) is 12.2 Å². The number of benzene rings is 3. The van der Waals surface area contributed by atoms with E-state index in [1.54, 1.807) is 36.4 Å². The standard InChI is InChI=1S/C31H27NO7/c1-3-4-5-20-6-8-21(9-7-20)32-29(33)18-36-22-10-13-25-26(15-22)37-17-28(31(25)35)38-23-11-12-24-19(2)14-30(34)39-27(24)16-23/h6-17H,3-5,18H2,1-2H3,(H,32,33). The summed E-state index contributed by atoms with van der Waals surface area (Å²) in [6.45, 7) is 3.77. The van der Waals surface area contributed by atoms with Crippen molar-refractivity contribution in [2.45, 2.75) is 33.1 Å². The molecule has 8 heteroatoms. The molecule has 0 aliphatic heterocycles. The van der Waals surface area contributed by atoms with Crippen molar-refractivity contribution in [3.63, 3.8) is 0 Å². The average molecular weight is 526 g/mol. The molecule has 0 aliphatic carbocycles. The van der Waals surface area contributed by atoms with Gasteiger partial charge in [-0.05, 0) is 67.3 Å². The van der Waals surface area contributed by atoms with Crippen LogP contribution in [0.5, 0.6) is 17.2 Å². The van der Waals surface area contributed by atoms with E-state index in [9.17, 15) is 14.4 Å². The molecule has 0 aliphatic rings. The van der Waals surface area contributed by atoms with Crippen LogP contribution in [0.25, 0.3) is 21.9 Å². The number of nitrogens with one attached hydrogen (secondary N) is 1. The van der Waals surface area contributed by atoms with Gasteiger partial charge in [-0.2, -0.15) is 0 Å². The molecule has 2 aromatic heterocycles. The fourth-order valence-corrected chi connectivity index (χ4v) is 4.23. The van der Waals surface area contributed by atoms with E-state index in [0.717, 1.165) is 30.2 Å². The summed E-state index contributed by atoms with van der Waals surface area (Å²) in [6.07, 6.45) is 4.49. The summed E-state index contributed by atoms with van der Waals surface area (Å²) in [5.74, 6) is 0.377. The van der Waals surface area contributed by atoms with Gasteiger partial charge < -0.3 is 23.6 Å². The van der Waals surface area contributed by atoms with Crippen LogP contribution in [-0.2, 0) is 11.2 Å². The van der Waals surface area contributed by atoms with Crippen molar-refractivity contribution in [3.8, 4) is 17.2 Å². The van der Waals surface area contributed by atoms with Crippen molar-refractivity contribution in [1.82, 2.24) is 0 Å². The van der Waals surface area contributed by atoms with E-state index in [1.807, 2.05) is 31.2 Å². The zero-order valence-electron chi connectivity index (χ0n) is 21.6. The summed E-state index contributed by atoms with van der Waals surface area (Å²) in [5, 5.41) is 3.87. The molecule has 1 N–H and O–H groups in total. The van der Waals surface area contributed by atoms with Gasteiger partial charge in [0.05, 0.1) is 5.39 Å². The zero-order chi connectivity index (χ0) is 27.4. The van der Waals surface area contributed by atoms with Crippen molar-refractivity contribution in [2.75, 3.05) is 11.9 Å². The van der Waals surface area contributed by atoms with Crippen LogP contribution in [-0.4, -0.2) is 12.5 Å². The molecule has 0 spiro atoms. The summed E-state index contributed by atoms with van der Waals surface area (Å²) in [4.78, 5) is 37.1. The Balaban J connectivity index is 1.25.